The Balaban J connectivity index is 2.22. The van der Waals surface area contributed by atoms with Crippen LogP contribution in [0.2, 0.25) is 0 Å². The fraction of sp³-hybridized carbons (Fsp3) is 0.167. The molecule has 0 radical (unpaired) electrons. The highest BCUT2D eigenvalue weighted by Gasteiger charge is 2.14. The molecule has 2 rings (SSSR count). The van der Waals surface area contributed by atoms with Crippen LogP contribution in [0, 0.1) is 13.8 Å². The third-order valence-corrected chi connectivity index (χ3v) is 2.40. The van der Waals surface area contributed by atoms with Crippen molar-refractivity contribution in [3.63, 3.8) is 0 Å². The molecule has 0 aromatic carbocycles. The van der Waals surface area contributed by atoms with Crippen molar-refractivity contribution >= 4 is 17.4 Å². The number of nitrogens with two attached hydrogens (primary N) is 1. The molecule has 0 aliphatic rings. The molecule has 88 valence electrons. The Kier molecular flexibility index (Phi) is 2.82. The van der Waals surface area contributed by atoms with E-state index in [1.165, 1.54) is 12.5 Å². The van der Waals surface area contributed by atoms with Crippen molar-refractivity contribution in [2.45, 2.75) is 13.8 Å². The molecule has 17 heavy (non-hydrogen) atoms. The Labute approximate surface area is 98.6 Å². The molecule has 0 aliphatic heterocycles. The predicted molar refractivity (Wildman–Crippen MR) is 64.8 cm³/mol. The maximum Gasteiger partial charge on any atom is 0.292 e. The molecule has 2 aromatic rings. The molecule has 0 fully saturated rings. The van der Waals surface area contributed by atoms with Crippen LogP contribution in [-0.4, -0.2) is 10.9 Å². The van der Waals surface area contributed by atoms with E-state index in [4.69, 9.17) is 10.2 Å². The zero-order valence-electron chi connectivity index (χ0n) is 9.65. The van der Waals surface area contributed by atoms with Gasteiger partial charge in [-0.2, -0.15) is 0 Å². The van der Waals surface area contributed by atoms with E-state index < -0.39 is 0 Å². The minimum Gasteiger partial charge on any atom is -0.459 e. The third kappa shape index (κ3) is 2.28. The standard InChI is InChI=1S/C12H13N3O2/c1-7-3-4-17-10(7)12(16)15-11-8(2)5-9(13)6-14-11/h3-6H,13H2,1-2H3,(H,14,15,16). The van der Waals surface area contributed by atoms with Gasteiger partial charge in [-0.3, -0.25) is 4.79 Å². The number of aromatic nitrogens is 1. The molecule has 5 heteroatoms. The van der Waals surface area contributed by atoms with Crippen LogP contribution in [0.1, 0.15) is 21.7 Å². The molecule has 0 bridgehead atoms. The topological polar surface area (TPSA) is 81.1 Å². The molecule has 0 unspecified atom stereocenters. The highest BCUT2D eigenvalue weighted by Crippen LogP contribution is 2.16. The number of nitrogens with one attached hydrogen (secondary N) is 1. The first kappa shape index (κ1) is 11.2. The molecule has 0 saturated carbocycles. The maximum atomic E-state index is 11.9. The number of hydrogen-bond acceptors (Lipinski definition) is 4. The van der Waals surface area contributed by atoms with E-state index in [0.29, 0.717) is 17.3 Å². The number of furan rings is 1. The lowest BCUT2D eigenvalue weighted by Gasteiger charge is -2.06. The van der Waals surface area contributed by atoms with Crippen molar-refractivity contribution in [1.82, 2.24) is 4.98 Å². The Morgan fingerprint density at radius 3 is 2.76 bits per heavy atom. The van der Waals surface area contributed by atoms with Crippen LogP contribution in [0.3, 0.4) is 0 Å². The van der Waals surface area contributed by atoms with Crippen molar-refractivity contribution in [3.8, 4) is 0 Å². The quantitative estimate of drug-likeness (QED) is 0.829. The minimum atomic E-state index is -0.312. The highest BCUT2D eigenvalue weighted by atomic mass is 16.3. The van der Waals surface area contributed by atoms with E-state index >= 15 is 0 Å². The van der Waals surface area contributed by atoms with Gasteiger partial charge in [-0.15, -0.1) is 0 Å². The first-order chi connectivity index (χ1) is 8.08. The summed E-state index contributed by atoms with van der Waals surface area (Å²) >= 11 is 0. The summed E-state index contributed by atoms with van der Waals surface area (Å²) in [6.07, 6.45) is 2.98. The van der Waals surface area contributed by atoms with Gasteiger partial charge in [-0.1, -0.05) is 0 Å². The normalized spacial score (nSPS) is 10.2. The van der Waals surface area contributed by atoms with Crippen LogP contribution in [0.4, 0.5) is 11.5 Å². The summed E-state index contributed by atoms with van der Waals surface area (Å²) in [6, 6.07) is 3.48. The molecule has 1 amide bonds. The molecular weight excluding hydrogens is 218 g/mol. The lowest BCUT2D eigenvalue weighted by Crippen LogP contribution is -2.14. The molecule has 0 aliphatic carbocycles. The first-order valence-electron chi connectivity index (χ1n) is 5.15. The van der Waals surface area contributed by atoms with Crippen LogP contribution in [0.25, 0.3) is 0 Å². The first-order valence-corrected chi connectivity index (χ1v) is 5.15. The number of nitrogens with zero attached hydrogens (tertiary/aromatic N) is 1. The average molecular weight is 231 g/mol. The second kappa shape index (κ2) is 4.29. The van der Waals surface area contributed by atoms with Gasteiger partial charge in [-0.05, 0) is 31.5 Å². The summed E-state index contributed by atoms with van der Waals surface area (Å²) in [5.74, 6) is 0.468. The Bertz CT molecular complexity index is 561. The van der Waals surface area contributed by atoms with Crippen molar-refractivity contribution in [2.75, 3.05) is 11.1 Å². The summed E-state index contributed by atoms with van der Waals surface area (Å²) in [5, 5.41) is 2.68. The molecule has 3 N–H and O–H groups in total. The van der Waals surface area contributed by atoms with E-state index in [-0.39, 0.29) is 5.91 Å². The fourth-order valence-corrected chi connectivity index (χ4v) is 1.50. The van der Waals surface area contributed by atoms with Crippen LogP contribution in [-0.2, 0) is 0 Å². The van der Waals surface area contributed by atoms with Crippen molar-refractivity contribution in [1.29, 1.82) is 0 Å². The Hall–Kier alpha value is -2.30. The van der Waals surface area contributed by atoms with Crippen molar-refractivity contribution in [2.24, 2.45) is 0 Å². The van der Waals surface area contributed by atoms with Gasteiger partial charge in [0.25, 0.3) is 5.91 Å². The van der Waals surface area contributed by atoms with E-state index in [2.05, 4.69) is 10.3 Å². The number of aryl methyl sites for hydroxylation is 2. The number of amides is 1. The molecule has 0 atom stereocenters. The number of carbonyl (C=O) groups is 1. The maximum absolute atomic E-state index is 11.9. The summed E-state index contributed by atoms with van der Waals surface area (Å²) in [6.45, 7) is 3.63. The van der Waals surface area contributed by atoms with Gasteiger partial charge in [0.2, 0.25) is 0 Å². The summed E-state index contributed by atoms with van der Waals surface area (Å²) in [4.78, 5) is 15.9. The molecule has 0 spiro atoms. The number of nitrogen functional groups attached to an aromatic ring is 1. The summed E-state index contributed by atoms with van der Waals surface area (Å²) in [7, 11) is 0. The van der Waals surface area contributed by atoms with Gasteiger partial charge >= 0.3 is 0 Å². The van der Waals surface area contributed by atoms with Gasteiger partial charge in [0.05, 0.1) is 18.1 Å². The SMILES string of the molecule is Cc1cc(N)cnc1NC(=O)c1occc1C. The molecule has 5 nitrogen and oxygen atoms in total. The van der Waals surface area contributed by atoms with E-state index in [1.807, 2.05) is 13.8 Å². The van der Waals surface area contributed by atoms with E-state index in [9.17, 15) is 4.79 Å². The van der Waals surface area contributed by atoms with Gasteiger partial charge in [0.15, 0.2) is 5.76 Å². The zero-order valence-corrected chi connectivity index (χ0v) is 9.65. The Morgan fingerprint density at radius 2 is 2.18 bits per heavy atom. The summed E-state index contributed by atoms with van der Waals surface area (Å²) < 4.78 is 5.10. The molecular formula is C12H13N3O2. The van der Waals surface area contributed by atoms with Crippen molar-refractivity contribution in [3.05, 3.63) is 41.5 Å². The van der Waals surface area contributed by atoms with Crippen molar-refractivity contribution < 1.29 is 9.21 Å². The number of rotatable bonds is 2. The molecule has 2 heterocycles. The van der Waals surface area contributed by atoms with E-state index in [1.54, 1.807) is 12.1 Å². The summed E-state index contributed by atoms with van der Waals surface area (Å²) in [5.41, 5.74) is 7.74. The average Bonchev–Trinajstić information content (AvgIpc) is 2.68. The lowest BCUT2D eigenvalue weighted by molar-refractivity contribution is 0.0995. The highest BCUT2D eigenvalue weighted by molar-refractivity contribution is 6.03. The monoisotopic (exact) mass is 231 g/mol. The van der Waals surface area contributed by atoms with E-state index in [0.717, 1.165) is 11.1 Å². The number of carbonyl (C=O) groups excluding carboxylic acids is 1. The van der Waals surface area contributed by atoms with Crippen LogP contribution < -0.4 is 11.1 Å². The van der Waals surface area contributed by atoms with Gasteiger partial charge in [0, 0.05) is 5.56 Å². The largest absolute Gasteiger partial charge is 0.459 e. The van der Waals surface area contributed by atoms with Crippen LogP contribution in [0.5, 0.6) is 0 Å². The second-order valence-corrected chi connectivity index (χ2v) is 3.82. The number of hydrogen-bond donors (Lipinski definition) is 2. The molecule has 0 saturated heterocycles. The molecule has 2 aromatic heterocycles. The smallest absolute Gasteiger partial charge is 0.292 e. The Morgan fingerprint density at radius 1 is 1.41 bits per heavy atom. The third-order valence-electron chi connectivity index (χ3n) is 2.40. The zero-order chi connectivity index (χ0) is 12.4. The van der Waals surface area contributed by atoms with Gasteiger partial charge in [0.1, 0.15) is 5.82 Å². The number of anilines is 2. The van der Waals surface area contributed by atoms with Crippen LogP contribution >= 0.6 is 0 Å². The van der Waals surface area contributed by atoms with Crippen LogP contribution in [0.15, 0.2) is 29.0 Å². The second-order valence-electron chi connectivity index (χ2n) is 3.82. The number of pyridine rings is 1. The fourth-order valence-electron chi connectivity index (χ4n) is 1.50. The van der Waals surface area contributed by atoms with Gasteiger partial charge < -0.3 is 15.5 Å². The lowest BCUT2D eigenvalue weighted by atomic mass is 10.2. The predicted octanol–water partition coefficient (Wildman–Crippen LogP) is 2.13. The minimum absolute atomic E-state index is 0.294. The van der Waals surface area contributed by atoms with Gasteiger partial charge in [-0.25, -0.2) is 4.98 Å².